The van der Waals surface area contributed by atoms with Crippen LogP contribution in [0.5, 0.6) is 11.5 Å². The first-order chi connectivity index (χ1) is 19.2. The number of amides is 1. The summed E-state index contributed by atoms with van der Waals surface area (Å²) in [7, 11) is 1.19. The molecule has 40 heavy (non-hydrogen) atoms. The van der Waals surface area contributed by atoms with Gasteiger partial charge in [-0.1, -0.05) is 18.2 Å². The average Bonchev–Trinajstić information content (AvgIpc) is 3.38. The zero-order valence-electron chi connectivity index (χ0n) is 21.3. The number of esters is 1. The van der Waals surface area contributed by atoms with Crippen LogP contribution >= 0.6 is 0 Å². The van der Waals surface area contributed by atoms with Crippen LogP contribution in [0.25, 0.3) is 22.3 Å². The van der Waals surface area contributed by atoms with Gasteiger partial charge in [0.1, 0.15) is 11.5 Å². The Hall–Kier alpha value is -4.65. The fourth-order valence-corrected chi connectivity index (χ4v) is 4.44. The van der Waals surface area contributed by atoms with Gasteiger partial charge >= 0.3 is 12.1 Å². The number of ether oxygens (including phenoxy) is 2. The predicted octanol–water partition coefficient (Wildman–Crippen LogP) is 4.33. The minimum Gasteiger partial charge on any atom is -0.491 e. The van der Waals surface area contributed by atoms with E-state index in [9.17, 15) is 22.8 Å². The van der Waals surface area contributed by atoms with Crippen molar-refractivity contribution in [1.29, 1.82) is 0 Å². The number of H-pyrrole nitrogens is 1. The molecule has 3 heterocycles. The van der Waals surface area contributed by atoms with Gasteiger partial charge in [-0.15, -0.1) is 0 Å². The van der Waals surface area contributed by atoms with Crippen molar-refractivity contribution in [3.63, 3.8) is 0 Å². The topological polar surface area (TPSA) is 130 Å². The number of hydrogen-bond acceptors (Lipinski definition) is 8. The third kappa shape index (κ3) is 5.83. The summed E-state index contributed by atoms with van der Waals surface area (Å²) in [4.78, 5) is 36.9. The Labute approximate surface area is 226 Å². The quantitative estimate of drug-likeness (QED) is 0.196. The molecule has 0 saturated carbocycles. The first-order valence-corrected chi connectivity index (χ1v) is 12.4. The molecular weight excluding hydrogens is 529 g/mol. The molecule has 10 nitrogen and oxygen atoms in total. The van der Waals surface area contributed by atoms with E-state index < -0.39 is 23.8 Å². The van der Waals surface area contributed by atoms with E-state index in [1.807, 2.05) is 30.3 Å². The van der Waals surface area contributed by atoms with E-state index in [0.29, 0.717) is 24.4 Å². The highest BCUT2D eigenvalue weighted by Crippen LogP contribution is 2.41. The molecule has 5 rings (SSSR count). The fraction of sp³-hybridized carbons (Fsp3) is 0.259. The second kappa shape index (κ2) is 11.2. The second-order valence-electron chi connectivity index (χ2n) is 9.11. The number of aromatic nitrogens is 3. The molecule has 1 aliphatic heterocycles. The Morgan fingerprint density at radius 1 is 1.10 bits per heavy atom. The summed E-state index contributed by atoms with van der Waals surface area (Å²) in [5.74, 6) is -3.92. The number of carbonyl (C=O) groups excluding carboxylic acids is 2. The van der Waals surface area contributed by atoms with E-state index in [4.69, 9.17) is 9.47 Å². The van der Waals surface area contributed by atoms with E-state index in [0.717, 1.165) is 23.9 Å². The van der Waals surface area contributed by atoms with Crippen molar-refractivity contribution in [1.82, 2.24) is 25.6 Å². The molecule has 4 aromatic rings. The van der Waals surface area contributed by atoms with Crippen molar-refractivity contribution in [3.8, 4) is 22.9 Å². The molecule has 1 fully saturated rings. The molecule has 1 saturated heterocycles. The molecule has 2 aromatic heterocycles. The van der Waals surface area contributed by atoms with Gasteiger partial charge in [-0.25, -0.2) is 9.78 Å². The number of alkyl halides is 3. The maximum absolute atomic E-state index is 13.1. The van der Waals surface area contributed by atoms with E-state index in [-0.39, 0.29) is 28.9 Å². The Balaban J connectivity index is 1.48. The third-order valence-electron chi connectivity index (χ3n) is 6.32. The number of rotatable bonds is 7. The zero-order valence-corrected chi connectivity index (χ0v) is 21.3. The first kappa shape index (κ1) is 26.9. The minimum absolute atomic E-state index is 0.103. The molecule has 208 valence electrons. The molecular formula is C27H25F3N6O4. The lowest BCUT2D eigenvalue weighted by Crippen LogP contribution is -2.45. The highest BCUT2D eigenvalue weighted by Gasteiger charge is 2.43. The largest absolute Gasteiger partial charge is 0.491 e. The standard InChI is InChI=1S/C27H25F3N6O4/c1-39-24-19(35-22-14-32-13-21(36-22)20-11-15-5-2-3-7-18(15)34-20)9-8-17(23(24)40-26(38)27(28,29)30)25(37)33-16-6-4-10-31-12-16/h2-3,5,7-9,11,13-14,16,31,34H,4,6,10,12H2,1H3,(H,33,37)(H,35,36). The first-order valence-electron chi connectivity index (χ1n) is 12.4. The molecule has 13 heteroatoms. The number of carbonyl (C=O) groups is 2. The SMILES string of the molecule is COc1c(Nc2cncc(-c3cc4ccccc4[nH]3)n2)ccc(C(=O)NC2CCCNC2)c1OC(=O)C(F)(F)F. The highest BCUT2D eigenvalue weighted by atomic mass is 19.4. The van der Waals surface area contributed by atoms with Gasteiger partial charge in [-0.3, -0.25) is 9.78 Å². The number of para-hydroxylation sites is 1. The van der Waals surface area contributed by atoms with Gasteiger partial charge < -0.3 is 30.4 Å². The van der Waals surface area contributed by atoms with Gasteiger partial charge in [0.05, 0.1) is 36.4 Å². The van der Waals surface area contributed by atoms with E-state index in [2.05, 4.69) is 30.9 Å². The van der Waals surface area contributed by atoms with Crippen LogP contribution in [0.1, 0.15) is 23.2 Å². The molecule has 0 radical (unpaired) electrons. The van der Waals surface area contributed by atoms with Crippen LogP contribution < -0.4 is 25.4 Å². The van der Waals surface area contributed by atoms with Crippen molar-refractivity contribution < 1.29 is 32.2 Å². The van der Waals surface area contributed by atoms with Crippen molar-refractivity contribution in [2.75, 3.05) is 25.5 Å². The Bertz CT molecular complexity index is 1520. The van der Waals surface area contributed by atoms with Crippen LogP contribution in [0.4, 0.5) is 24.7 Å². The lowest BCUT2D eigenvalue weighted by molar-refractivity contribution is -0.189. The molecule has 0 spiro atoms. The lowest BCUT2D eigenvalue weighted by atomic mass is 10.1. The maximum Gasteiger partial charge on any atom is 0.491 e. The van der Waals surface area contributed by atoms with Gasteiger partial charge in [-0.05, 0) is 43.7 Å². The molecule has 2 aromatic carbocycles. The molecule has 1 aliphatic rings. The summed E-state index contributed by atoms with van der Waals surface area (Å²) in [6.07, 6.45) is -0.819. The Morgan fingerprint density at radius 2 is 1.93 bits per heavy atom. The predicted molar refractivity (Wildman–Crippen MR) is 141 cm³/mol. The van der Waals surface area contributed by atoms with Gasteiger partial charge in [0, 0.05) is 23.5 Å². The van der Waals surface area contributed by atoms with E-state index in [1.165, 1.54) is 25.4 Å². The van der Waals surface area contributed by atoms with Crippen molar-refractivity contribution in [3.05, 3.63) is 60.4 Å². The fourth-order valence-electron chi connectivity index (χ4n) is 4.44. The van der Waals surface area contributed by atoms with Crippen molar-refractivity contribution in [2.45, 2.75) is 25.1 Å². The third-order valence-corrected chi connectivity index (χ3v) is 6.32. The normalized spacial score (nSPS) is 15.4. The van der Waals surface area contributed by atoms with Gasteiger partial charge in [-0.2, -0.15) is 13.2 Å². The number of nitrogens with one attached hydrogen (secondary N) is 4. The molecule has 1 atom stereocenters. The van der Waals surface area contributed by atoms with Gasteiger partial charge in [0.2, 0.25) is 0 Å². The van der Waals surface area contributed by atoms with Crippen LogP contribution in [0.3, 0.4) is 0 Å². The number of nitrogens with zero attached hydrogens (tertiary/aromatic N) is 2. The number of aromatic amines is 1. The number of benzene rings is 2. The summed E-state index contributed by atoms with van der Waals surface area (Å²) in [6, 6.07) is 12.0. The van der Waals surface area contributed by atoms with Gasteiger partial charge in [0.25, 0.3) is 5.91 Å². The van der Waals surface area contributed by atoms with Crippen molar-refractivity contribution >= 4 is 34.3 Å². The maximum atomic E-state index is 13.1. The number of methoxy groups -OCH3 is 1. The van der Waals surface area contributed by atoms with Gasteiger partial charge in [0.15, 0.2) is 11.5 Å². The zero-order chi connectivity index (χ0) is 28.3. The number of anilines is 2. The summed E-state index contributed by atoms with van der Waals surface area (Å²) < 4.78 is 49.5. The Kier molecular flexibility index (Phi) is 7.56. The molecule has 0 aliphatic carbocycles. The van der Waals surface area contributed by atoms with Crippen LogP contribution in [0.2, 0.25) is 0 Å². The number of hydrogen-bond donors (Lipinski definition) is 4. The average molecular weight is 555 g/mol. The highest BCUT2D eigenvalue weighted by molar-refractivity contribution is 6.00. The van der Waals surface area contributed by atoms with Crippen LogP contribution in [0, 0.1) is 0 Å². The Morgan fingerprint density at radius 3 is 2.65 bits per heavy atom. The molecule has 0 bridgehead atoms. The van der Waals surface area contributed by atoms with E-state index >= 15 is 0 Å². The molecule has 1 amide bonds. The number of halogens is 3. The van der Waals surface area contributed by atoms with Crippen LogP contribution in [0.15, 0.2) is 54.9 Å². The minimum atomic E-state index is -5.30. The van der Waals surface area contributed by atoms with Crippen LogP contribution in [-0.2, 0) is 4.79 Å². The number of piperidine rings is 1. The second-order valence-corrected chi connectivity index (χ2v) is 9.11. The summed E-state index contributed by atoms with van der Waals surface area (Å²) in [5.41, 5.74) is 1.93. The summed E-state index contributed by atoms with van der Waals surface area (Å²) >= 11 is 0. The molecule has 4 N–H and O–H groups in total. The number of fused-ring (bicyclic) bond motifs is 1. The van der Waals surface area contributed by atoms with Crippen molar-refractivity contribution in [2.24, 2.45) is 0 Å². The molecule has 1 unspecified atom stereocenters. The van der Waals surface area contributed by atoms with E-state index in [1.54, 1.807) is 6.20 Å². The lowest BCUT2D eigenvalue weighted by Gasteiger charge is -2.24. The smallest absolute Gasteiger partial charge is 0.491 e. The monoisotopic (exact) mass is 554 g/mol. The van der Waals surface area contributed by atoms with Crippen LogP contribution in [-0.4, -0.2) is 59.2 Å². The summed E-state index contributed by atoms with van der Waals surface area (Å²) in [5, 5.41) is 9.83. The summed E-state index contributed by atoms with van der Waals surface area (Å²) in [6.45, 7) is 1.31.